The summed E-state index contributed by atoms with van der Waals surface area (Å²) in [5.41, 5.74) is 8.29. The third kappa shape index (κ3) is 3.16. The average Bonchev–Trinajstić information content (AvgIpc) is 2.47. The van der Waals surface area contributed by atoms with Gasteiger partial charge in [0.25, 0.3) is 5.91 Å². The smallest absolute Gasteiger partial charge is 0.260 e. The summed E-state index contributed by atoms with van der Waals surface area (Å²) in [6, 6.07) is 12.2. The molecule has 3 N–H and O–H groups in total. The first-order valence-electron chi connectivity index (χ1n) is 7.00. The van der Waals surface area contributed by atoms with E-state index in [1.807, 2.05) is 26.0 Å². The minimum absolute atomic E-state index is 0.0944. The maximum Gasteiger partial charge on any atom is 0.260 e. The van der Waals surface area contributed by atoms with Crippen LogP contribution in [0.25, 0.3) is 0 Å². The van der Waals surface area contributed by atoms with Crippen molar-refractivity contribution in [1.29, 1.82) is 0 Å². The Morgan fingerprint density at radius 1 is 1.24 bits per heavy atom. The first-order chi connectivity index (χ1) is 10.0. The molecule has 1 amide bonds. The summed E-state index contributed by atoms with van der Waals surface area (Å²) in [5, 5.41) is 10.1. The van der Waals surface area contributed by atoms with Gasteiger partial charge in [-0.3, -0.25) is 4.79 Å². The van der Waals surface area contributed by atoms with E-state index in [1.54, 1.807) is 35.2 Å². The molecule has 0 aliphatic rings. The van der Waals surface area contributed by atoms with E-state index < -0.39 is 0 Å². The Morgan fingerprint density at radius 2 is 1.95 bits per heavy atom. The fraction of sp³-hybridized carbons (Fsp3) is 0.235. The normalized spacial score (nSPS) is 10.4. The van der Waals surface area contributed by atoms with Gasteiger partial charge in [0.2, 0.25) is 0 Å². The molecule has 4 nitrogen and oxygen atoms in total. The summed E-state index contributed by atoms with van der Waals surface area (Å²) in [7, 11) is 0. The number of para-hydroxylation sites is 1. The minimum Gasteiger partial charge on any atom is -0.506 e. The first-order valence-corrected chi connectivity index (χ1v) is 7.00. The Bertz CT molecular complexity index is 653. The van der Waals surface area contributed by atoms with Crippen LogP contribution >= 0.6 is 0 Å². The first kappa shape index (κ1) is 14.9. The third-order valence-electron chi connectivity index (χ3n) is 3.31. The molecule has 0 fully saturated rings. The number of aryl methyl sites for hydroxylation is 1. The van der Waals surface area contributed by atoms with Crippen molar-refractivity contribution < 1.29 is 9.90 Å². The van der Waals surface area contributed by atoms with Crippen LogP contribution in [0.1, 0.15) is 29.3 Å². The predicted octanol–water partition coefficient (Wildman–Crippen LogP) is 3.34. The molecule has 0 heterocycles. The number of hydrogen-bond donors (Lipinski definition) is 2. The fourth-order valence-electron chi connectivity index (χ4n) is 2.24. The van der Waals surface area contributed by atoms with Crippen LogP contribution in [0.15, 0.2) is 42.5 Å². The Labute approximate surface area is 124 Å². The van der Waals surface area contributed by atoms with Crippen molar-refractivity contribution in [2.75, 3.05) is 17.2 Å². The van der Waals surface area contributed by atoms with Gasteiger partial charge in [-0.2, -0.15) is 0 Å². The topological polar surface area (TPSA) is 66.6 Å². The van der Waals surface area contributed by atoms with E-state index >= 15 is 0 Å². The number of carbonyl (C=O) groups is 1. The summed E-state index contributed by atoms with van der Waals surface area (Å²) in [6.07, 6.45) is 0.784. The fourth-order valence-corrected chi connectivity index (χ4v) is 2.24. The van der Waals surface area contributed by atoms with E-state index in [0.29, 0.717) is 23.5 Å². The molecule has 0 aromatic heterocycles. The quantitative estimate of drug-likeness (QED) is 0.846. The van der Waals surface area contributed by atoms with Crippen molar-refractivity contribution >= 4 is 17.3 Å². The van der Waals surface area contributed by atoms with Crippen molar-refractivity contribution in [3.63, 3.8) is 0 Å². The van der Waals surface area contributed by atoms with Crippen LogP contribution in [0.5, 0.6) is 5.75 Å². The van der Waals surface area contributed by atoms with Crippen LogP contribution < -0.4 is 10.6 Å². The van der Waals surface area contributed by atoms with Crippen molar-refractivity contribution in [3.8, 4) is 5.75 Å². The SMILES string of the molecule is CCCN(C(=O)c1ccccc1N)c1cc(C)ccc1O. The molecule has 4 heteroatoms. The van der Waals surface area contributed by atoms with Crippen molar-refractivity contribution in [3.05, 3.63) is 53.6 Å². The second-order valence-corrected chi connectivity index (χ2v) is 5.04. The second-order valence-electron chi connectivity index (χ2n) is 5.04. The summed E-state index contributed by atoms with van der Waals surface area (Å²) in [4.78, 5) is 14.3. The maximum absolute atomic E-state index is 12.8. The number of nitrogens with two attached hydrogens (primary N) is 1. The van der Waals surface area contributed by atoms with Gasteiger partial charge in [0.05, 0.1) is 11.3 Å². The standard InChI is InChI=1S/C17H20N2O2/c1-3-10-19(15-11-12(2)8-9-16(15)20)17(21)13-6-4-5-7-14(13)18/h4-9,11,20H,3,10,18H2,1-2H3. The van der Waals surface area contributed by atoms with Crippen molar-refractivity contribution in [2.45, 2.75) is 20.3 Å². The van der Waals surface area contributed by atoms with Crippen molar-refractivity contribution in [1.82, 2.24) is 0 Å². The van der Waals surface area contributed by atoms with E-state index in [0.717, 1.165) is 12.0 Å². The average molecular weight is 284 g/mol. The van der Waals surface area contributed by atoms with Gasteiger partial charge < -0.3 is 15.7 Å². The highest BCUT2D eigenvalue weighted by Crippen LogP contribution is 2.30. The van der Waals surface area contributed by atoms with E-state index in [1.165, 1.54) is 0 Å². The van der Waals surface area contributed by atoms with E-state index in [2.05, 4.69) is 0 Å². The molecule has 0 atom stereocenters. The number of hydrogen-bond acceptors (Lipinski definition) is 3. The van der Waals surface area contributed by atoms with Crippen LogP contribution in [0, 0.1) is 6.92 Å². The zero-order chi connectivity index (χ0) is 15.4. The molecular weight excluding hydrogens is 264 g/mol. The number of phenolic OH excluding ortho intramolecular Hbond substituents is 1. The number of benzene rings is 2. The highest BCUT2D eigenvalue weighted by Gasteiger charge is 2.21. The number of nitrogens with zero attached hydrogens (tertiary/aromatic N) is 1. The molecule has 0 saturated heterocycles. The van der Waals surface area contributed by atoms with Crippen LogP contribution in [-0.2, 0) is 0 Å². The molecule has 0 saturated carbocycles. The van der Waals surface area contributed by atoms with Gasteiger partial charge >= 0.3 is 0 Å². The van der Waals surface area contributed by atoms with Crippen molar-refractivity contribution in [2.24, 2.45) is 0 Å². The molecule has 0 unspecified atom stereocenters. The highest BCUT2D eigenvalue weighted by molar-refractivity contribution is 6.09. The lowest BCUT2D eigenvalue weighted by atomic mass is 10.1. The number of phenols is 1. The number of rotatable bonds is 4. The van der Waals surface area contributed by atoms with Gasteiger partial charge in [0.1, 0.15) is 5.75 Å². The largest absolute Gasteiger partial charge is 0.506 e. The number of aromatic hydroxyl groups is 1. The Balaban J connectivity index is 2.46. The summed E-state index contributed by atoms with van der Waals surface area (Å²) in [6.45, 7) is 4.43. The van der Waals surface area contributed by atoms with Gasteiger partial charge in [-0.15, -0.1) is 0 Å². The molecular formula is C17H20N2O2. The highest BCUT2D eigenvalue weighted by atomic mass is 16.3. The summed E-state index contributed by atoms with van der Waals surface area (Å²) < 4.78 is 0. The van der Waals surface area contributed by atoms with Gasteiger partial charge in [-0.05, 0) is 43.2 Å². The van der Waals surface area contributed by atoms with Gasteiger partial charge in [0.15, 0.2) is 0 Å². The lowest BCUT2D eigenvalue weighted by molar-refractivity contribution is 0.0987. The Hall–Kier alpha value is -2.49. The monoisotopic (exact) mass is 284 g/mol. The minimum atomic E-state index is -0.198. The maximum atomic E-state index is 12.8. The van der Waals surface area contributed by atoms with Crippen LogP contribution in [0.2, 0.25) is 0 Å². The summed E-state index contributed by atoms with van der Waals surface area (Å²) >= 11 is 0. The molecule has 21 heavy (non-hydrogen) atoms. The zero-order valence-corrected chi connectivity index (χ0v) is 12.3. The Morgan fingerprint density at radius 3 is 2.62 bits per heavy atom. The van der Waals surface area contributed by atoms with Crippen LogP contribution in [-0.4, -0.2) is 17.6 Å². The number of amides is 1. The van der Waals surface area contributed by atoms with Gasteiger partial charge in [-0.25, -0.2) is 0 Å². The van der Waals surface area contributed by atoms with E-state index in [-0.39, 0.29) is 11.7 Å². The molecule has 0 aliphatic carbocycles. The van der Waals surface area contributed by atoms with E-state index in [4.69, 9.17) is 5.73 Å². The molecule has 2 aromatic rings. The van der Waals surface area contributed by atoms with Crippen LogP contribution in [0.4, 0.5) is 11.4 Å². The van der Waals surface area contributed by atoms with Gasteiger partial charge in [-0.1, -0.05) is 25.1 Å². The number of nitrogen functional groups attached to an aromatic ring is 1. The molecule has 0 aliphatic heterocycles. The molecule has 0 bridgehead atoms. The Kier molecular flexibility index (Phi) is 4.48. The third-order valence-corrected chi connectivity index (χ3v) is 3.31. The molecule has 110 valence electrons. The zero-order valence-electron chi connectivity index (χ0n) is 12.3. The molecule has 2 aromatic carbocycles. The van der Waals surface area contributed by atoms with E-state index in [9.17, 15) is 9.90 Å². The molecule has 0 spiro atoms. The predicted molar refractivity (Wildman–Crippen MR) is 85.7 cm³/mol. The number of anilines is 2. The molecule has 0 radical (unpaired) electrons. The molecule has 2 rings (SSSR count). The lowest BCUT2D eigenvalue weighted by Crippen LogP contribution is -2.32. The second kappa shape index (κ2) is 6.31. The van der Waals surface area contributed by atoms with Gasteiger partial charge in [0, 0.05) is 12.2 Å². The summed E-state index contributed by atoms with van der Waals surface area (Å²) in [5.74, 6) is -0.104. The number of carbonyl (C=O) groups excluding carboxylic acids is 1. The lowest BCUT2D eigenvalue weighted by Gasteiger charge is -2.24. The van der Waals surface area contributed by atoms with Crippen LogP contribution in [0.3, 0.4) is 0 Å².